The summed E-state index contributed by atoms with van der Waals surface area (Å²) in [5, 5.41) is 2.71. The highest BCUT2D eigenvalue weighted by Crippen LogP contribution is 2.24. The van der Waals surface area contributed by atoms with Crippen LogP contribution >= 0.6 is 0 Å². The van der Waals surface area contributed by atoms with Gasteiger partial charge in [-0.15, -0.1) is 0 Å². The Labute approximate surface area is 101 Å². The SMILES string of the molecule is CCN1C(=O)C(C)NC(=O)C1c1ccccc1. The number of hydrogen-bond acceptors (Lipinski definition) is 2. The van der Waals surface area contributed by atoms with Crippen molar-refractivity contribution in [3.05, 3.63) is 35.9 Å². The molecule has 2 rings (SSSR count). The third-order valence-corrected chi connectivity index (χ3v) is 3.03. The van der Waals surface area contributed by atoms with Crippen LogP contribution in [0.3, 0.4) is 0 Å². The average Bonchev–Trinajstić information content (AvgIpc) is 2.34. The predicted molar refractivity (Wildman–Crippen MR) is 64.2 cm³/mol. The molecule has 0 spiro atoms. The lowest BCUT2D eigenvalue weighted by atomic mass is 10.0. The number of nitrogens with one attached hydrogen (secondary N) is 1. The van der Waals surface area contributed by atoms with Crippen LogP contribution in [0.4, 0.5) is 0 Å². The fourth-order valence-electron chi connectivity index (χ4n) is 2.18. The monoisotopic (exact) mass is 232 g/mol. The Morgan fingerprint density at radius 1 is 1.24 bits per heavy atom. The number of carbonyl (C=O) groups excluding carboxylic acids is 2. The molecule has 0 aromatic heterocycles. The van der Waals surface area contributed by atoms with Crippen LogP contribution in [0, 0.1) is 0 Å². The van der Waals surface area contributed by atoms with Crippen molar-refractivity contribution < 1.29 is 9.59 Å². The molecule has 1 saturated heterocycles. The van der Waals surface area contributed by atoms with E-state index in [0.29, 0.717) is 6.54 Å². The van der Waals surface area contributed by atoms with Crippen molar-refractivity contribution in [2.24, 2.45) is 0 Å². The van der Waals surface area contributed by atoms with E-state index in [2.05, 4.69) is 5.32 Å². The number of carbonyl (C=O) groups is 2. The molecule has 90 valence electrons. The summed E-state index contributed by atoms with van der Waals surface area (Å²) in [5.74, 6) is -0.133. The summed E-state index contributed by atoms with van der Waals surface area (Å²) in [6, 6.07) is 8.46. The van der Waals surface area contributed by atoms with Crippen LogP contribution in [0.2, 0.25) is 0 Å². The molecule has 0 bridgehead atoms. The van der Waals surface area contributed by atoms with E-state index in [0.717, 1.165) is 5.56 Å². The van der Waals surface area contributed by atoms with Gasteiger partial charge in [-0.25, -0.2) is 0 Å². The summed E-state index contributed by atoms with van der Waals surface area (Å²) in [6.07, 6.45) is 0. The summed E-state index contributed by atoms with van der Waals surface area (Å²) in [4.78, 5) is 25.6. The van der Waals surface area contributed by atoms with Gasteiger partial charge in [0.25, 0.3) is 0 Å². The molecule has 1 fully saturated rings. The highest BCUT2D eigenvalue weighted by Gasteiger charge is 2.38. The number of hydrogen-bond donors (Lipinski definition) is 1. The highest BCUT2D eigenvalue weighted by atomic mass is 16.2. The standard InChI is InChI=1S/C13H16N2O2/c1-3-15-11(10-7-5-4-6-8-10)12(16)14-9(2)13(15)17/h4-9,11H,3H2,1-2H3,(H,14,16). The molecule has 1 aromatic rings. The first-order valence-corrected chi connectivity index (χ1v) is 5.81. The second-order valence-corrected chi connectivity index (χ2v) is 4.17. The molecule has 1 aromatic carbocycles. The number of likely N-dealkylation sites (N-methyl/N-ethyl adjacent to an activating group) is 1. The predicted octanol–water partition coefficient (Wildman–Crippen LogP) is 1.09. The number of benzene rings is 1. The van der Waals surface area contributed by atoms with Crippen LogP contribution in [-0.4, -0.2) is 29.3 Å². The highest BCUT2D eigenvalue weighted by molar-refractivity contribution is 5.97. The molecule has 0 aliphatic carbocycles. The molecule has 2 unspecified atom stereocenters. The number of amides is 2. The smallest absolute Gasteiger partial charge is 0.248 e. The number of nitrogens with zero attached hydrogens (tertiary/aromatic N) is 1. The van der Waals surface area contributed by atoms with Gasteiger partial charge in [-0.1, -0.05) is 30.3 Å². The van der Waals surface area contributed by atoms with Crippen LogP contribution in [0.15, 0.2) is 30.3 Å². The average molecular weight is 232 g/mol. The lowest BCUT2D eigenvalue weighted by molar-refractivity contribution is -0.148. The normalized spacial score (nSPS) is 24.7. The van der Waals surface area contributed by atoms with E-state index in [1.54, 1.807) is 11.8 Å². The van der Waals surface area contributed by atoms with Crippen LogP contribution < -0.4 is 5.32 Å². The van der Waals surface area contributed by atoms with Crippen molar-refractivity contribution in [1.29, 1.82) is 0 Å². The maximum absolute atomic E-state index is 12.0. The molecule has 4 nitrogen and oxygen atoms in total. The van der Waals surface area contributed by atoms with E-state index in [4.69, 9.17) is 0 Å². The van der Waals surface area contributed by atoms with Crippen molar-refractivity contribution in [2.75, 3.05) is 6.54 Å². The van der Waals surface area contributed by atoms with E-state index in [-0.39, 0.29) is 11.8 Å². The van der Waals surface area contributed by atoms with E-state index in [1.165, 1.54) is 0 Å². The first-order chi connectivity index (χ1) is 8.15. The third kappa shape index (κ3) is 2.02. The molecular weight excluding hydrogens is 216 g/mol. The molecule has 4 heteroatoms. The van der Waals surface area contributed by atoms with Crippen LogP contribution in [0.5, 0.6) is 0 Å². The van der Waals surface area contributed by atoms with Crippen molar-refractivity contribution in [3.63, 3.8) is 0 Å². The lowest BCUT2D eigenvalue weighted by Gasteiger charge is -2.37. The van der Waals surface area contributed by atoms with Gasteiger partial charge in [-0.05, 0) is 19.4 Å². The minimum Gasteiger partial charge on any atom is -0.342 e. The molecule has 2 amide bonds. The van der Waals surface area contributed by atoms with Gasteiger partial charge >= 0.3 is 0 Å². The van der Waals surface area contributed by atoms with Gasteiger partial charge in [0.05, 0.1) is 0 Å². The summed E-state index contributed by atoms with van der Waals surface area (Å²) in [7, 11) is 0. The number of rotatable bonds is 2. The Bertz CT molecular complexity index is 430. The van der Waals surface area contributed by atoms with Gasteiger partial charge in [0, 0.05) is 6.54 Å². The molecule has 1 aliphatic rings. The fraction of sp³-hybridized carbons (Fsp3) is 0.385. The second kappa shape index (κ2) is 4.57. The Hall–Kier alpha value is -1.84. The van der Waals surface area contributed by atoms with Gasteiger partial charge in [0.1, 0.15) is 12.1 Å². The minimum atomic E-state index is -0.495. The molecule has 17 heavy (non-hydrogen) atoms. The first-order valence-electron chi connectivity index (χ1n) is 5.81. The Balaban J connectivity index is 2.37. The van der Waals surface area contributed by atoms with Crippen molar-refractivity contribution in [3.8, 4) is 0 Å². The summed E-state index contributed by atoms with van der Waals surface area (Å²) >= 11 is 0. The molecule has 1 N–H and O–H groups in total. The van der Waals surface area contributed by atoms with Gasteiger partial charge in [-0.3, -0.25) is 9.59 Å². The topological polar surface area (TPSA) is 49.4 Å². The maximum atomic E-state index is 12.0. The van der Waals surface area contributed by atoms with E-state index in [1.807, 2.05) is 37.3 Å². The lowest BCUT2D eigenvalue weighted by Crippen LogP contribution is -2.58. The summed E-state index contributed by atoms with van der Waals surface area (Å²) in [6.45, 7) is 4.14. The molecule has 1 aliphatic heterocycles. The Kier molecular flexibility index (Phi) is 3.13. The fourth-order valence-corrected chi connectivity index (χ4v) is 2.18. The third-order valence-electron chi connectivity index (χ3n) is 3.03. The van der Waals surface area contributed by atoms with Gasteiger partial charge in [0.15, 0.2) is 0 Å². The largest absolute Gasteiger partial charge is 0.342 e. The van der Waals surface area contributed by atoms with Crippen LogP contribution in [0.1, 0.15) is 25.5 Å². The van der Waals surface area contributed by atoms with Crippen molar-refractivity contribution in [1.82, 2.24) is 10.2 Å². The van der Waals surface area contributed by atoms with E-state index < -0.39 is 12.1 Å². The van der Waals surface area contributed by atoms with Gasteiger partial charge in [0.2, 0.25) is 11.8 Å². The Morgan fingerprint density at radius 3 is 2.47 bits per heavy atom. The van der Waals surface area contributed by atoms with Crippen molar-refractivity contribution in [2.45, 2.75) is 25.9 Å². The van der Waals surface area contributed by atoms with Gasteiger partial charge in [-0.2, -0.15) is 0 Å². The maximum Gasteiger partial charge on any atom is 0.248 e. The summed E-state index contributed by atoms with van der Waals surface area (Å²) < 4.78 is 0. The molecular formula is C13H16N2O2. The van der Waals surface area contributed by atoms with E-state index in [9.17, 15) is 9.59 Å². The molecule has 0 saturated carbocycles. The zero-order valence-electron chi connectivity index (χ0n) is 10.0. The minimum absolute atomic E-state index is 0.0269. The van der Waals surface area contributed by atoms with Crippen molar-refractivity contribution >= 4 is 11.8 Å². The zero-order chi connectivity index (χ0) is 12.4. The number of piperazine rings is 1. The Morgan fingerprint density at radius 2 is 1.88 bits per heavy atom. The quantitative estimate of drug-likeness (QED) is 0.830. The molecule has 0 radical (unpaired) electrons. The zero-order valence-corrected chi connectivity index (χ0v) is 10.0. The molecule has 1 heterocycles. The van der Waals surface area contributed by atoms with Gasteiger partial charge < -0.3 is 10.2 Å². The van der Waals surface area contributed by atoms with Crippen LogP contribution in [0.25, 0.3) is 0 Å². The first kappa shape index (κ1) is 11.6. The van der Waals surface area contributed by atoms with Crippen LogP contribution in [-0.2, 0) is 9.59 Å². The van der Waals surface area contributed by atoms with E-state index >= 15 is 0 Å². The summed E-state index contributed by atoms with van der Waals surface area (Å²) in [5.41, 5.74) is 0.854. The molecule has 2 atom stereocenters. The second-order valence-electron chi connectivity index (χ2n) is 4.17.